The first-order chi connectivity index (χ1) is 14.1. The molecule has 0 bridgehead atoms. The fourth-order valence-electron chi connectivity index (χ4n) is 4.08. The SMILES string of the molecule is Cc1cncc([C@@H]2CCCN(C(=O)C(O)(c3ccccc3)c3ccccc3)C2)n1. The van der Waals surface area contributed by atoms with Gasteiger partial charge >= 0.3 is 0 Å². The molecule has 1 N–H and O–H groups in total. The highest BCUT2D eigenvalue weighted by Crippen LogP contribution is 2.34. The molecule has 2 heterocycles. The Morgan fingerprint density at radius 2 is 1.66 bits per heavy atom. The van der Waals surface area contributed by atoms with Crippen molar-refractivity contribution in [1.29, 1.82) is 0 Å². The Morgan fingerprint density at radius 3 is 2.24 bits per heavy atom. The van der Waals surface area contributed by atoms with Crippen LogP contribution in [0.1, 0.15) is 41.3 Å². The predicted molar refractivity (Wildman–Crippen MR) is 111 cm³/mol. The van der Waals surface area contributed by atoms with Crippen LogP contribution in [-0.2, 0) is 10.4 Å². The molecule has 148 valence electrons. The van der Waals surface area contributed by atoms with Gasteiger partial charge in [-0.2, -0.15) is 0 Å². The maximum Gasteiger partial charge on any atom is 0.263 e. The number of carbonyl (C=O) groups is 1. The molecule has 1 saturated heterocycles. The standard InChI is InChI=1S/C24H25N3O2/c1-18-15-25-16-22(26-18)19-9-8-14-27(17-19)23(28)24(29,20-10-4-2-5-11-20)21-12-6-3-7-13-21/h2-7,10-13,15-16,19,29H,8-9,14,17H2,1H3/t19-/m1/s1. The minimum Gasteiger partial charge on any atom is -0.372 e. The summed E-state index contributed by atoms with van der Waals surface area (Å²) in [5.74, 6) is -0.170. The second kappa shape index (κ2) is 8.13. The van der Waals surface area contributed by atoms with Crippen molar-refractivity contribution >= 4 is 5.91 Å². The van der Waals surface area contributed by atoms with Crippen LogP contribution in [0, 0.1) is 6.92 Å². The van der Waals surface area contributed by atoms with Crippen molar-refractivity contribution in [2.24, 2.45) is 0 Å². The molecule has 1 fully saturated rings. The Labute approximate surface area is 171 Å². The normalized spacial score (nSPS) is 17.2. The number of amides is 1. The summed E-state index contributed by atoms with van der Waals surface area (Å²) in [5.41, 5.74) is 1.21. The molecule has 5 heteroatoms. The zero-order valence-corrected chi connectivity index (χ0v) is 16.5. The number of benzene rings is 2. The average molecular weight is 387 g/mol. The molecule has 0 aliphatic carbocycles. The zero-order chi connectivity index (χ0) is 20.3. The molecule has 1 amide bonds. The van der Waals surface area contributed by atoms with Gasteiger partial charge in [0.25, 0.3) is 5.91 Å². The van der Waals surface area contributed by atoms with Gasteiger partial charge in [-0.15, -0.1) is 0 Å². The maximum absolute atomic E-state index is 13.7. The third-order valence-corrected chi connectivity index (χ3v) is 5.59. The number of aromatic nitrogens is 2. The summed E-state index contributed by atoms with van der Waals surface area (Å²) in [6.45, 7) is 3.07. The van der Waals surface area contributed by atoms with Crippen molar-refractivity contribution in [3.63, 3.8) is 0 Å². The molecule has 29 heavy (non-hydrogen) atoms. The molecule has 0 unspecified atom stereocenters. The van der Waals surface area contributed by atoms with Crippen molar-refractivity contribution < 1.29 is 9.90 Å². The minimum absolute atomic E-state index is 0.121. The minimum atomic E-state index is -1.72. The third kappa shape index (κ3) is 3.78. The summed E-state index contributed by atoms with van der Waals surface area (Å²) in [6.07, 6.45) is 5.34. The van der Waals surface area contributed by atoms with Gasteiger partial charge in [-0.25, -0.2) is 0 Å². The van der Waals surface area contributed by atoms with Crippen LogP contribution >= 0.6 is 0 Å². The van der Waals surface area contributed by atoms with Crippen molar-refractivity contribution in [3.05, 3.63) is 95.6 Å². The fourth-order valence-corrected chi connectivity index (χ4v) is 4.08. The van der Waals surface area contributed by atoms with E-state index in [1.807, 2.05) is 43.3 Å². The van der Waals surface area contributed by atoms with Gasteiger partial charge in [-0.3, -0.25) is 14.8 Å². The van der Waals surface area contributed by atoms with Gasteiger partial charge in [-0.05, 0) is 30.9 Å². The molecule has 1 aliphatic rings. The van der Waals surface area contributed by atoms with E-state index >= 15 is 0 Å². The first-order valence-corrected chi connectivity index (χ1v) is 10.0. The average Bonchev–Trinajstić information content (AvgIpc) is 2.79. The molecule has 5 nitrogen and oxygen atoms in total. The molecule has 4 rings (SSSR count). The highest BCUT2D eigenvalue weighted by atomic mass is 16.3. The number of aryl methyl sites for hydroxylation is 1. The number of rotatable bonds is 4. The Hall–Kier alpha value is -3.05. The summed E-state index contributed by atoms with van der Waals surface area (Å²) in [5, 5.41) is 11.8. The summed E-state index contributed by atoms with van der Waals surface area (Å²) in [6, 6.07) is 18.4. The van der Waals surface area contributed by atoms with E-state index in [0.29, 0.717) is 24.2 Å². The van der Waals surface area contributed by atoms with Gasteiger partial charge in [0.15, 0.2) is 5.60 Å². The lowest BCUT2D eigenvalue weighted by atomic mass is 9.83. The van der Waals surface area contributed by atoms with E-state index < -0.39 is 5.60 Å². The van der Waals surface area contributed by atoms with E-state index in [1.165, 1.54) is 0 Å². The van der Waals surface area contributed by atoms with Crippen LogP contribution in [0.5, 0.6) is 0 Å². The van der Waals surface area contributed by atoms with Crippen molar-refractivity contribution in [3.8, 4) is 0 Å². The van der Waals surface area contributed by atoms with Crippen LogP contribution in [0.25, 0.3) is 0 Å². The molecule has 2 aromatic carbocycles. The first-order valence-electron chi connectivity index (χ1n) is 10.0. The Kier molecular flexibility index (Phi) is 5.41. The highest BCUT2D eigenvalue weighted by Gasteiger charge is 2.43. The van der Waals surface area contributed by atoms with E-state index in [9.17, 15) is 9.90 Å². The monoisotopic (exact) mass is 387 g/mol. The lowest BCUT2D eigenvalue weighted by Crippen LogP contribution is -2.50. The number of carbonyl (C=O) groups excluding carboxylic acids is 1. The van der Waals surface area contributed by atoms with Gasteiger partial charge in [0.05, 0.1) is 11.4 Å². The summed E-state index contributed by atoms with van der Waals surface area (Å²) in [7, 11) is 0. The second-order valence-corrected chi connectivity index (χ2v) is 7.62. The fraction of sp³-hybridized carbons (Fsp3) is 0.292. The van der Waals surface area contributed by atoms with Crippen LogP contribution in [0.4, 0.5) is 0 Å². The van der Waals surface area contributed by atoms with E-state index in [4.69, 9.17) is 0 Å². The number of hydrogen-bond acceptors (Lipinski definition) is 4. The predicted octanol–water partition coefficient (Wildman–Crippen LogP) is 3.43. The zero-order valence-electron chi connectivity index (χ0n) is 16.5. The largest absolute Gasteiger partial charge is 0.372 e. The maximum atomic E-state index is 13.7. The summed E-state index contributed by atoms with van der Waals surface area (Å²) in [4.78, 5) is 24.3. The Morgan fingerprint density at radius 1 is 1.03 bits per heavy atom. The summed E-state index contributed by atoms with van der Waals surface area (Å²) < 4.78 is 0. The Bertz CT molecular complexity index is 936. The first kappa shape index (κ1) is 19.3. The lowest BCUT2D eigenvalue weighted by Gasteiger charge is -2.38. The quantitative estimate of drug-likeness (QED) is 0.745. The number of piperidine rings is 1. The van der Waals surface area contributed by atoms with Crippen LogP contribution in [0.15, 0.2) is 73.1 Å². The van der Waals surface area contributed by atoms with E-state index in [2.05, 4.69) is 9.97 Å². The van der Waals surface area contributed by atoms with Crippen molar-refractivity contribution in [2.75, 3.05) is 13.1 Å². The molecule has 3 aromatic rings. The van der Waals surface area contributed by atoms with Crippen LogP contribution in [0.2, 0.25) is 0 Å². The topological polar surface area (TPSA) is 66.3 Å². The summed E-state index contributed by atoms with van der Waals surface area (Å²) >= 11 is 0. The lowest BCUT2D eigenvalue weighted by molar-refractivity contribution is -0.149. The van der Waals surface area contributed by atoms with Gasteiger partial charge in [-0.1, -0.05) is 60.7 Å². The Balaban J connectivity index is 1.68. The van der Waals surface area contributed by atoms with Gasteiger partial charge < -0.3 is 10.0 Å². The molecule has 1 atom stereocenters. The van der Waals surface area contributed by atoms with E-state index in [-0.39, 0.29) is 11.8 Å². The van der Waals surface area contributed by atoms with Gasteiger partial charge in [0, 0.05) is 31.4 Å². The molecule has 0 spiro atoms. The molecule has 1 aromatic heterocycles. The van der Waals surface area contributed by atoms with Gasteiger partial charge in [0.1, 0.15) is 0 Å². The highest BCUT2D eigenvalue weighted by molar-refractivity contribution is 5.90. The van der Waals surface area contributed by atoms with Crippen molar-refractivity contribution in [2.45, 2.75) is 31.3 Å². The smallest absolute Gasteiger partial charge is 0.263 e. The van der Waals surface area contributed by atoms with Gasteiger partial charge in [0.2, 0.25) is 0 Å². The molecule has 0 saturated carbocycles. The van der Waals surface area contributed by atoms with Crippen molar-refractivity contribution in [1.82, 2.24) is 14.9 Å². The number of likely N-dealkylation sites (tertiary alicyclic amines) is 1. The molecular formula is C24H25N3O2. The van der Waals surface area contributed by atoms with Crippen LogP contribution in [0.3, 0.4) is 0 Å². The third-order valence-electron chi connectivity index (χ3n) is 5.59. The molecule has 1 aliphatic heterocycles. The molecule has 0 radical (unpaired) electrons. The van der Waals surface area contributed by atoms with Crippen LogP contribution < -0.4 is 0 Å². The van der Waals surface area contributed by atoms with E-state index in [0.717, 1.165) is 24.2 Å². The second-order valence-electron chi connectivity index (χ2n) is 7.62. The van der Waals surface area contributed by atoms with Crippen LogP contribution in [-0.4, -0.2) is 39.0 Å². The number of hydrogen-bond donors (Lipinski definition) is 1. The number of nitrogens with zero attached hydrogens (tertiary/aromatic N) is 3. The number of aliphatic hydroxyl groups is 1. The van der Waals surface area contributed by atoms with E-state index in [1.54, 1.807) is 41.6 Å². The molecular weight excluding hydrogens is 362 g/mol.